The van der Waals surface area contributed by atoms with E-state index in [1.807, 2.05) is 0 Å². The third-order valence-electron chi connectivity index (χ3n) is 3.88. The lowest BCUT2D eigenvalue weighted by Gasteiger charge is -2.22. The number of carbonyl (C=O) groups is 3. The number of halogens is 4. The maximum absolute atomic E-state index is 14.2. The lowest BCUT2D eigenvalue weighted by Crippen LogP contribution is -2.41. The van der Waals surface area contributed by atoms with Crippen LogP contribution in [0.1, 0.15) is 45.0 Å². The van der Waals surface area contributed by atoms with Crippen LogP contribution in [0.25, 0.3) is 0 Å². The monoisotopic (exact) mass is 530 g/mol. The lowest BCUT2D eigenvalue weighted by atomic mass is 10.1. The van der Waals surface area contributed by atoms with E-state index in [-0.39, 0.29) is 10.6 Å². The van der Waals surface area contributed by atoms with E-state index < -0.39 is 66.7 Å². The van der Waals surface area contributed by atoms with Gasteiger partial charge in [0.1, 0.15) is 20.8 Å². The molecule has 15 heteroatoms. The van der Waals surface area contributed by atoms with E-state index in [0.717, 1.165) is 26.8 Å². The van der Waals surface area contributed by atoms with Crippen molar-refractivity contribution in [3.8, 4) is 0 Å². The minimum Gasteiger partial charge on any atom is -0.450 e. The minimum atomic E-state index is -5.05. The molecule has 1 heterocycles. The van der Waals surface area contributed by atoms with Crippen LogP contribution < -0.4 is 11.1 Å². The third kappa shape index (κ3) is 8.44. The maximum Gasteiger partial charge on any atom is 0.572 e. The molecule has 1 rings (SSSR count). The molecule has 3 N–H and O–H groups in total. The van der Waals surface area contributed by atoms with Crippen LogP contribution in [0.5, 0.6) is 0 Å². The van der Waals surface area contributed by atoms with Gasteiger partial charge in [-0.05, 0) is 39.3 Å². The summed E-state index contributed by atoms with van der Waals surface area (Å²) in [6.45, 7) is 5.46. The summed E-state index contributed by atoms with van der Waals surface area (Å²) in [4.78, 5) is 35.3. The Morgan fingerprint density at radius 1 is 1.15 bits per heavy atom. The van der Waals surface area contributed by atoms with Crippen molar-refractivity contribution in [2.24, 2.45) is 5.73 Å². The molecule has 0 aliphatic heterocycles. The van der Waals surface area contributed by atoms with Crippen LogP contribution in [0.15, 0.2) is 33.5 Å². The molecule has 0 unspecified atom stereocenters. The van der Waals surface area contributed by atoms with E-state index in [9.17, 15) is 40.4 Å². The predicted molar refractivity (Wildman–Crippen MR) is 114 cm³/mol. The van der Waals surface area contributed by atoms with Crippen molar-refractivity contribution in [1.29, 1.82) is 0 Å². The van der Waals surface area contributed by atoms with Gasteiger partial charge in [0.05, 0.1) is 11.3 Å². The quantitative estimate of drug-likeness (QED) is 0.215. The highest BCUT2D eigenvalue weighted by molar-refractivity contribution is 7.93. The van der Waals surface area contributed by atoms with E-state index >= 15 is 0 Å². The molecule has 0 bridgehead atoms. The Labute approximate surface area is 196 Å². The molecule has 0 saturated heterocycles. The Bertz CT molecular complexity index is 1150. The van der Waals surface area contributed by atoms with Gasteiger partial charge in [0, 0.05) is 13.0 Å². The molecule has 1 aromatic heterocycles. The number of amides is 2. The Hall–Kier alpha value is -2.94. The average Bonchev–Trinajstić information content (AvgIpc) is 3.03. The molecule has 190 valence electrons. The first kappa shape index (κ1) is 29.1. The number of primary amides is 1. The second-order valence-corrected chi connectivity index (χ2v) is 10.7. The van der Waals surface area contributed by atoms with E-state index in [1.165, 1.54) is 13.8 Å². The molecule has 0 atom stereocenters. The first-order valence-corrected chi connectivity index (χ1v) is 11.7. The fourth-order valence-electron chi connectivity index (χ4n) is 2.40. The zero-order valence-electron chi connectivity index (χ0n) is 18.6. The number of rotatable bonds is 9. The summed E-state index contributed by atoms with van der Waals surface area (Å²) in [6, 6.07) is 0.871. The molecule has 0 saturated carbocycles. The molecule has 0 radical (unpaired) electrons. The molecule has 0 aromatic carbocycles. The van der Waals surface area contributed by atoms with Gasteiger partial charge in [0.25, 0.3) is 11.8 Å². The number of hydrogen-bond acceptors (Lipinski definition) is 8. The van der Waals surface area contributed by atoms with Gasteiger partial charge in [-0.15, -0.1) is 24.5 Å². The van der Waals surface area contributed by atoms with Gasteiger partial charge in [-0.2, -0.15) is 0 Å². The number of hydrogen-bond donors (Lipinski definition) is 2. The summed E-state index contributed by atoms with van der Waals surface area (Å²) in [6.07, 6.45) is -4.67. The van der Waals surface area contributed by atoms with Crippen LogP contribution in [-0.2, 0) is 28.9 Å². The molecule has 34 heavy (non-hydrogen) atoms. The normalized spacial score (nSPS) is 13.7. The fraction of sp³-hybridized carbons (Fsp3) is 0.421. The first-order valence-electron chi connectivity index (χ1n) is 9.22. The molecule has 1 aromatic rings. The Morgan fingerprint density at radius 2 is 1.71 bits per heavy atom. The van der Waals surface area contributed by atoms with Gasteiger partial charge in [-0.25, -0.2) is 12.8 Å². The van der Waals surface area contributed by atoms with Crippen LogP contribution in [0, 0.1) is 0 Å². The van der Waals surface area contributed by atoms with Crippen molar-refractivity contribution >= 4 is 44.0 Å². The number of ether oxygens (including phenoxy) is 2. The zero-order chi connectivity index (χ0) is 26.6. The molecule has 0 spiro atoms. The van der Waals surface area contributed by atoms with E-state index in [4.69, 9.17) is 10.5 Å². The number of sulfone groups is 1. The van der Waals surface area contributed by atoms with E-state index in [0.29, 0.717) is 17.4 Å². The standard InChI is InChI=1S/C19H22F4N2O7S2/c1-9(13(20)6-10(2)31-19(21,22)23)8-34(29,30)14-7-12(15(24)27)16(33-14)25-17(28)18(4,5)32-11(3)26/h6-7H,8H2,1-5H3,(H2,24,27)(H,25,28)/b10-6+,13-9-. The molecule has 2 amide bonds. The highest BCUT2D eigenvalue weighted by Gasteiger charge is 2.33. The summed E-state index contributed by atoms with van der Waals surface area (Å²) in [7, 11) is -4.32. The number of allylic oxidation sites excluding steroid dienone is 3. The van der Waals surface area contributed by atoms with E-state index in [2.05, 4.69) is 10.1 Å². The van der Waals surface area contributed by atoms with Gasteiger partial charge < -0.3 is 20.5 Å². The summed E-state index contributed by atoms with van der Waals surface area (Å²) in [5.74, 6) is -5.82. The van der Waals surface area contributed by atoms with Crippen molar-refractivity contribution in [1.82, 2.24) is 0 Å². The molecule has 0 aliphatic carbocycles. The van der Waals surface area contributed by atoms with Gasteiger partial charge in [-0.1, -0.05) is 0 Å². The Kier molecular flexibility index (Phi) is 9.02. The van der Waals surface area contributed by atoms with Crippen LogP contribution in [0.2, 0.25) is 0 Å². The average molecular weight is 531 g/mol. The van der Waals surface area contributed by atoms with Crippen LogP contribution >= 0.6 is 11.3 Å². The largest absolute Gasteiger partial charge is 0.572 e. The van der Waals surface area contributed by atoms with Crippen molar-refractivity contribution in [3.05, 3.63) is 34.9 Å². The Balaban J connectivity index is 3.26. The molecular weight excluding hydrogens is 508 g/mol. The maximum atomic E-state index is 14.2. The molecular formula is C19H22F4N2O7S2. The Morgan fingerprint density at radius 3 is 2.18 bits per heavy atom. The predicted octanol–water partition coefficient (Wildman–Crippen LogP) is 3.58. The summed E-state index contributed by atoms with van der Waals surface area (Å²) in [5.41, 5.74) is 2.76. The molecule has 0 aliphatic rings. The number of esters is 1. The number of carbonyl (C=O) groups excluding carboxylic acids is 3. The van der Waals surface area contributed by atoms with Crippen LogP contribution in [0.4, 0.5) is 22.6 Å². The minimum absolute atomic E-state index is 0.257. The number of nitrogens with two attached hydrogens (primary N) is 1. The van der Waals surface area contributed by atoms with Gasteiger partial charge in [-0.3, -0.25) is 14.4 Å². The lowest BCUT2D eigenvalue weighted by molar-refractivity contribution is -0.305. The summed E-state index contributed by atoms with van der Waals surface area (Å²) >= 11 is 0.438. The van der Waals surface area contributed by atoms with Crippen LogP contribution in [-0.4, -0.2) is 43.9 Å². The summed E-state index contributed by atoms with van der Waals surface area (Å²) < 4.78 is 84.2. The van der Waals surface area contributed by atoms with Crippen molar-refractivity contribution in [2.75, 3.05) is 11.1 Å². The number of anilines is 1. The second kappa shape index (κ2) is 10.5. The van der Waals surface area contributed by atoms with Crippen molar-refractivity contribution in [3.63, 3.8) is 0 Å². The number of thiophene rings is 1. The highest BCUT2D eigenvalue weighted by atomic mass is 32.2. The zero-order valence-corrected chi connectivity index (χ0v) is 20.3. The van der Waals surface area contributed by atoms with Crippen molar-refractivity contribution in [2.45, 2.75) is 50.8 Å². The topological polar surface area (TPSA) is 142 Å². The fourth-order valence-corrected chi connectivity index (χ4v) is 5.27. The number of nitrogens with one attached hydrogen (secondary N) is 1. The van der Waals surface area contributed by atoms with Gasteiger partial charge in [0.15, 0.2) is 15.4 Å². The summed E-state index contributed by atoms with van der Waals surface area (Å²) in [5, 5.41) is 2.02. The third-order valence-corrected chi connectivity index (χ3v) is 7.28. The van der Waals surface area contributed by atoms with Gasteiger partial charge in [0.2, 0.25) is 0 Å². The molecule has 0 fully saturated rings. The van der Waals surface area contributed by atoms with Crippen LogP contribution in [0.3, 0.4) is 0 Å². The second-order valence-electron chi connectivity index (χ2n) is 7.42. The SMILES string of the molecule is CC(=O)OC(C)(C)C(=O)Nc1sc(S(=O)(=O)C/C(C)=C(F)/C=C(\C)OC(F)(F)F)cc1C(N)=O. The van der Waals surface area contributed by atoms with Crippen molar-refractivity contribution < 1.29 is 49.8 Å². The van der Waals surface area contributed by atoms with E-state index in [1.54, 1.807) is 0 Å². The first-order chi connectivity index (χ1) is 15.2. The highest BCUT2D eigenvalue weighted by Crippen LogP contribution is 2.34. The smallest absolute Gasteiger partial charge is 0.450 e. The molecule has 9 nitrogen and oxygen atoms in total. The number of alkyl halides is 3. The van der Waals surface area contributed by atoms with Gasteiger partial charge >= 0.3 is 12.3 Å².